The lowest BCUT2D eigenvalue weighted by Crippen LogP contribution is -2.64. The van der Waals surface area contributed by atoms with Crippen LogP contribution in [0.25, 0.3) is 0 Å². The molecule has 2 aliphatic rings. The van der Waals surface area contributed by atoms with Crippen molar-refractivity contribution in [1.82, 2.24) is 4.90 Å². The molecule has 5 rings (SSSR count). The molecule has 0 aromatic heterocycles. The maximum Gasteiger partial charge on any atom is 0.261 e. The largest absolute Gasteiger partial charge is 0.374 e. The summed E-state index contributed by atoms with van der Waals surface area (Å²) >= 11 is 0. The summed E-state index contributed by atoms with van der Waals surface area (Å²) in [5, 5.41) is 0. The van der Waals surface area contributed by atoms with E-state index in [0.717, 1.165) is 23.0 Å². The molecule has 212 valence electrons. The SMILES string of the molecule is C=C(C)C[C@H]1[C@H](OCc2ccccc2)[C@@H](N2C(=O)c3ccccc3C2=O)[C@H](CC=O)O[C@@H]1COCc1ccccc1. The number of rotatable bonds is 12. The standard InChI is InChI=1S/C34H35NO6/c1-23(2)19-28-30(22-39-20-24-11-5-3-6-12-24)41-29(17-18-36)31(32(28)40-21-25-13-7-4-8-14-25)35-33(37)26-15-9-10-16-27(26)34(35)38/h3-16,18,28-32H,1,17,19-22H2,2H3/t28-,29+,30-,31+,32+/m1/s1. The maximum absolute atomic E-state index is 13.7. The van der Waals surface area contributed by atoms with E-state index in [1.807, 2.05) is 67.6 Å². The number of imide groups is 1. The van der Waals surface area contributed by atoms with E-state index in [2.05, 4.69) is 6.58 Å². The molecular weight excluding hydrogens is 518 g/mol. The van der Waals surface area contributed by atoms with E-state index in [0.29, 0.717) is 24.2 Å². The summed E-state index contributed by atoms with van der Waals surface area (Å²) in [5.74, 6) is -1.10. The molecule has 3 aromatic carbocycles. The lowest BCUT2D eigenvalue weighted by molar-refractivity contribution is -0.202. The Morgan fingerprint density at radius 1 is 0.854 bits per heavy atom. The third kappa shape index (κ3) is 6.38. The lowest BCUT2D eigenvalue weighted by atomic mass is 9.80. The zero-order valence-electron chi connectivity index (χ0n) is 23.2. The van der Waals surface area contributed by atoms with Crippen molar-refractivity contribution in [2.24, 2.45) is 5.92 Å². The highest BCUT2D eigenvalue weighted by Crippen LogP contribution is 2.39. The molecule has 41 heavy (non-hydrogen) atoms. The molecule has 0 aliphatic carbocycles. The first-order valence-corrected chi connectivity index (χ1v) is 14.0. The lowest BCUT2D eigenvalue weighted by Gasteiger charge is -2.49. The molecule has 0 saturated carbocycles. The van der Waals surface area contributed by atoms with E-state index < -0.39 is 36.2 Å². The molecule has 0 radical (unpaired) electrons. The van der Waals surface area contributed by atoms with Crippen LogP contribution in [0.3, 0.4) is 0 Å². The highest BCUT2D eigenvalue weighted by atomic mass is 16.6. The number of ether oxygens (including phenoxy) is 3. The summed E-state index contributed by atoms with van der Waals surface area (Å²) in [6, 6.07) is 25.6. The first-order chi connectivity index (χ1) is 20.0. The first kappa shape index (κ1) is 28.6. The number of nitrogens with zero attached hydrogens (tertiary/aromatic N) is 1. The summed E-state index contributed by atoms with van der Waals surface area (Å²) in [6.45, 7) is 7.00. The van der Waals surface area contributed by atoms with E-state index in [1.165, 1.54) is 4.90 Å². The van der Waals surface area contributed by atoms with Crippen molar-refractivity contribution >= 4 is 18.1 Å². The minimum atomic E-state index is -0.814. The fourth-order valence-corrected chi connectivity index (χ4v) is 5.83. The quantitative estimate of drug-likeness (QED) is 0.170. The van der Waals surface area contributed by atoms with Crippen LogP contribution in [-0.2, 0) is 32.2 Å². The molecule has 7 heteroatoms. The zero-order chi connectivity index (χ0) is 28.8. The van der Waals surface area contributed by atoms with Gasteiger partial charge in [-0.05, 0) is 36.6 Å². The fraction of sp³-hybridized carbons (Fsp3) is 0.324. The van der Waals surface area contributed by atoms with Gasteiger partial charge in [-0.2, -0.15) is 0 Å². The molecule has 1 saturated heterocycles. The third-order valence-electron chi connectivity index (χ3n) is 7.68. The van der Waals surface area contributed by atoms with Gasteiger partial charge >= 0.3 is 0 Å². The summed E-state index contributed by atoms with van der Waals surface area (Å²) in [7, 11) is 0. The van der Waals surface area contributed by atoms with Gasteiger partial charge in [-0.15, -0.1) is 6.58 Å². The Morgan fingerprint density at radius 3 is 1.98 bits per heavy atom. The van der Waals surface area contributed by atoms with Crippen LogP contribution in [0.1, 0.15) is 51.6 Å². The van der Waals surface area contributed by atoms with Crippen LogP contribution in [0.15, 0.2) is 97.1 Å². The van der Waals surface area contributed by atoms with Gasteiger partial charge in [0.05, 0.1) is 55.3 Å². The molecule has 3 aromatic rings. The smallest absolute Gasteiger partial charge is 0.261 e. The average molecular weight is 554 g/mol. The van der Waals surface area contributed by atoms with Crippen molar-refractivity contribution in [1.29, 1.82) is 0 Å². The van der Waals surface area contributed by atoms with Crippen molar-refractivity contribution in [2.45, 2.75) is 57.3 Å². The molecule has 2 amide bonds. The van der Waals surface area contributed by atoms with Crippen LogP contribution < -0.4 is 0 Å². The van der Waals surface area contributed by atoms with Gasteiger partial charge in [0.2, 0.25) is 0 Å². The molecule has 0 N–H and O–H groups in total. The Balaban J connectivity index is 1.49. The maximum atomic E-state index is 13.7. The van der Waals surface area contributed by atoms with Crippen LogP contribution in [-0.4, -0.2) is 54.0 Å². The molecule has 0 bridgehead atoms. The molecular formula is C34H35NO6. The van der Waals surface area contributed by atoms with E-state index in [1.54, 1.807) is 24.3 Å². The van der Waals surface area contributed by atoms with Gasteiger partial charge in [-0.25, -0.2) is 0 Å². The van der Waals surface area contributed by atoms with Gasteiger partial charge in [0.25, 0.3) is 11.8 Å². The Labute approximate surface area is 240 Å². The Bertz CT molecular complexity index is 1340. The van der Waals surface area contributed by atoms with E-state index in [-0.39, 0.29) is 25.6 Å². The number of aldehydes is 1. The van der Waals surface area contributed by atoms with Crippen LogP contribution in [0.5, 0.6) is 0 Å². The number of carbonyl (C=O) groups excluding carboxylic acids is 3. The predicted molar refractivity (Wildman–Crippen MR) is 154 cm³/mol. The highest BCUT2D eigenvalue weighted by Gasteiger charge is 2.53. The fourth-order valence-electron chi connectivity index (χ4n) is 5.83. The number of allylic oxidation sites excluding steroid dienone is 1. The van der Waals surface area contributed by atoms with Crippen LogP contribution in [0.2, 0.25) is 0 Å². The third-order valence-corrected chi connectivity index (χ3v) is 7.68. The number of fused-ring (bicyclic) bond motifs is 1. The number of carbonyl (C=O) groups is 3. The van der Waals surface area contributed by atoms with Gasteiger partial charge in [0.1, 0.15) is 6.29 Å². The van der Waals surface area contributed by atoms with Crippen LogP contribution in [0.4, 0.5) is 0 Å². The van der Waals surface area contributed by atoms with Gasteiger partial charge < -0.3 is 19.0 Å². The predicted octanol–water partition coefficient (Wildman–Crippen LogP) is 5.39. The summed E-state index contributed by atoms with van der Waals surface area (Å²) in [4.78, 5) is 40.5. The van der Waals surface area contributed by atoms with E-state index >= 15 is 0 Å². The van der Waals surface area contributed by atoms with Crippen molar-refractivity contribution < 1.29 is 28.6 Å². The molecule has 0 spiro atoms. The van der Waals surface area contributed by atoms with Crippen molar-refractivity contribution in [3.05, 3.63) is 119 Å². The van der Waals surface area contributed by atoms with Crippen LogP contribution in [0, 0.1) is 5.92 Å². The number of hydrogen-bond donors (Lipinski definition) is 0. The zero-order valence-corrected chi connectivity index (χ0v) is 23.2. The summed E-state index contributed by atoms with van der Waals surface area (Å²) in [6.07, 6.45) is -0.539. The van der Waals surface area contributed by atoms with Gasteiger partial charge in [-0.1, -0.05) is 78.4 Å². The molecule has 0 unspecified atom stereocenters. The molecule has 5 atom stereocenters. The Hall–Kier alpha value is -3.91. The summed E-state index contributed by atoms with van der Waals surface area (Å²) in [5.41, 5.74) is 3.58. The minimum absolute atomic E-state index is 0.00174. The minimum Gasteiger partial charge on any atom is -0.374 e. The molecule has 7 nitrogen and oxygen atoms in total. The topological polar surface area (TPSA) is 82.1 Å². The molecule has 2 heterocycles. The van der Waals surface area contributed by atoms with E-state index in [4.69, 9.17) is 14.2 Å². The van der Waals surface area contributed by atoms with Crippen molar-refractivity contribution in [3.63, 3.8) is 0 Å². The number of amides is 2. The van der Waals surface area contributed by atoms with Gasteiger partial charge in [0.15, 0.2) is 0 Å². The Kier molecular flexibility index (Phi) is 9.19. The average Bonchev–Trinajstić information content (AvgIpc) is 3.23. The first-order valence-electron chi connectivity index (χ1n) is 14.0. The van der Waals surface area contributed by atoms with Gasteiger partial charge in [0, 0.05) is 12.3 Å². The highest BCUT2D eigenvalue weighted by molar-refractivity contribution is 6.21. The van der Waals surface area contributed by atoms with E-state index in [9.17, 15) is 14.4 Å². The second kappa shape index (κ2) is 13.2. The van der Waals surface area contributed by atoms with Gasteiger partial charge in [-0.3, -0.25) is 14.5 Å². The second-order valence-corrected chi connectivity index (χ2v) is 10.7. The van der Waals surface area contributed by atoms with Crippen molar-refractivity contribution in [3.8, 4) is 0 Å². The van der Waals surface area contributed by atoms with Crippen LogP contribution >= 0.6 is 0 Å². The molecule has 1 fully saturated rings. The summed E-state index contributed by atoms with van der Waals surface area (Å²) < 4.78 is 19.3. The Morgan fingerprint density at radius 2 is 1.41 bits per heavy atom. The number of hydrogen-bond acceptors (Lipinski definition) is 6. The second-order valence-electron chi connectivity index (χ2n) is 10.7. The molecule has 2 aliphatic heterocycles. The normalized spacial score (nSPS) is 23.8. The monoisotopic (exact) mass is 553 g/mol. The van der Waals surface area contributed by atoms with Crippen molar-refractivity contribution in [2.75, 3.05) is 6.61 Å². The number of benzene rings is 3.